The molecule has 9 nitrogen and oxygen atoms in total. The summed E-state index contributed by atoms with van der Waals surface area (Å²) in [5.41, 5.74) is 0. The van der Waals surface area contributed by atoms with Gasteiger partial charge in [0.25, 0.3) is 0 Å². The molecular formula is C6H11CuO9P. The van der Waals surface area contributed by atoms with Gasteiger partial charge < -0.3 is 39.3 Å². The smallest absolute Gasteiger partial charge is 0.790 e. The van der Waals surface area contributed by atoms with Gasteiger partial charge in [-0.1, -0.05) is 0 Å². The fourth-order valence-corrected chi connectivity index (χ4v) is 1.10. The van der Waals surface area contributed by atoms with Crippen molar-refractivity contribution in [2.75, 3.05) is 13.2 Å². The van der Waals surface area contributed by atoms with E-state index in [-0.39, 0.29) is 17.1 Å². The van der Waals surface area contributed by atoms with Gasteiger partial charge in [0.05, 0.1) is 14.4 Å². The molecule has 0 saturated heterocycles. The Hall–Kier alpha value is 0.139. The molecule has 0 rings (SSSR count). The molecule has 0 aliphatic heterocycles. The maximum Gasteiger partial charge on any atom is 2.00 e. The van der Waals surface area contributed by atoms with Crippen molar-refractivity contribution in [3.8, 4) is 0 Å². The molecule has 0 aliphatic rings. The Bertz CT molecular complexity index is 279. The topological polar surface area (TPSA) is 170 Å². The molecule has 0 bridgehead atoms. The second-order valence-corrected chi connectivity index (χ2v) is 4.02. The van der Waals surface area contributed by atoms with E-state index in [0.29, 0.717) is 0 Å². The summed E-state index contributed by atoms with van der Waals surface area (Å²) in [6, 6.07) is 0. The van der Waals surface area contributed by atoms with Crippen LogP contribution in [0.1, 0.15) is 0 Å². The van der Waals surface area contributed by atoms with Crippen molar-refractivity contribution >= 4 is 13.6 Å². The first-order valence-corrected chi connectivity index (χ1v) is 5.49. The minimum absolute atomic E-state index is 0. The molecule has 4 N–H and O–H groups in total. The first-order valence-electron chi connectivity index (χ1n) is 4.03. The zero-order valence-electron chi connectivity index (χ0n) is 8.23. The fourth-order valence-electron chi connectivity index (χ4n) is 0.761. The molecule has 0 aromatic carbocycles. The molecule has 0 heterocycles. The molecule has 0 spiro atoms. The van der Waals surface area contributed by atoms with Crippen LogP contribution in [0.15, 0.2) is 0 Å². The number of phosphoric ester groups is 1. The average Bonchev–Trinajstić information content (AvgIpc) is 2.21. The van der Waals surface area contributed by atoms with Crippen molar-refractivity contribution in [3.63, 3.8) is 0 Å². The molecule has 11 heteroatoms. The van der Waals surface area contributed by atoms with Crippen LogP contribution in [0.5, 0.6) is 0 Å². The molecule has 0 saturated carbocycles. The molecule has 105 valence electrons. The maximum atomic E-state index is 10.7. The van der Waals surface area contributed by atoms with Crippen LogP contribution in [0, 0.1) is 0 Å². The molecule has 0 fully saturated rings. The number of hydrogen-bond donors (Lipinski definition) is 4. The summed E-state index contributed by atoms with van der Waals surface area (Å²) in [6.07, 6.45) is -6.12. The third-order valence-electron chi connectivity index (χ3n) is 1.61. The first kappa shape index (κ1) is 19.5. The van der Waals surface area contributed by atoms with Gasteiger partial charge in [0.2, 0.25) is 0 Å². The summed E-state index contributed by atoms with van der Waals surface area (Å²) in [7, 11) is -5.31. The Kier molecular flexibility index (Phi) is 9.48. The average molecular weight is 322 g/mol. The molecule has 1 radical (unpaired) electrons. The van der Waals surface area contributed by atoms with Gasteiger partial charge in [0.1, 0.15) is 24.9 Å². The van der Waals surface area contributed by atoms with Gasteiger partial charge >= 0.3 is 17.1 Å². The summed E-state index contributed by atoms with van der Waals surface area (Å²) >= 11 is 0. The van der Waals surface area contributed by atoms with Crippen LogP contribution in [0.2, 0.25) is 0 Å². The van der Waals surface area contributed by atoms with Crippen LogP contribution in [-0.4, -0.2) is 57.7 Å². The number of phosphoric acid groups is 1. The number of carbonyl (C=O) groups excluding carboxylic acids is 1. The van der Waals surface area contributed by atoms with Crippen LogP contribution in [-0.2, 0) is 31.0 Å². The van der Waals surface area contributed by atoms with Crippen molar-refractivity contribution in [2.45, 2.75) is 18.3 Å². The van der Waals surface area contributed by atoms with Gasteiger partial charge in [0.15, 0.2) is 5.78 Å². The summed E-state index contributed by atoms with van der Waals surface area (Å²) in [4.78, 5) is 30.7. The minimum Gasteiger partial charge on any atom is -0.790 e. The number of carbonyl (C=O) groups is 1. The van der Waals surface area contributed by atoms with Gasteiger partial charge in [-0.3, -0.25) is 4.79 Å². The van der Waals surface area contributed by atoms with E-state index in [0.717, 1.165) is 0 Å². The van der Waals surface area contributed by atoms with Gasteiger partial charge in [0, 0.05) is 0 Å². The van der Waals surface area contributed by atoms with E-state index >= 15 is 0 Å². The number of aliphatic hydroxyl groups is 4. The molecule has 0 amide bonds. The van der Waals surface area contributed by atoms with E-state index in [1.807, 2.05) is 0 Å². The van der Waals surface area contributed by atoms with E-state index in [1.165, 1.54) is 0 Å². The van der Waals surface area contributed by atoms with Crippen LogP contribution >= 0.6 is 7.82 Å². The van der Waals surface area contributed by atoms with E-state index in [4.69, 9.17) is 20.4 Å². The first-order chi connectivity index (χ1) is 7.19. The number of ketones is 1. The molecule has 0 unspecified atom stereocenters. The third-order valence-corrected chi connectivity index (χ3v) is 2.07. The van der Waals surface area contributed by atoms with Crippen molar-refractivity contribution in [1.29, 1.82) is 0 Å². The molecule has 0 aromatic rings. The number of aliphatic hydroxyl groups excluding tert-OH is 4. The van der Waals surface area contributed by atoms with Gasteiger partial charge in [-0.25, -0.2) is 0 Å². The normalized spacial score (nSPS) is 16.8. The Balaban J connectivity index is 0. The van der Waals surface area contributed by atoms with E-state index < -0.39 is 45.1 Å². The Morgan fingerprint density at radius 2 is 1.76 bits per heavy atom. The number of hydrogen-bond acceptors (Lipinski definition) is 9. The largest absolute Gasteiger partial charge is 2.00 e. The second-order valence-electron chi connectivity index (χ2n) is 2.87. The number of Topliss-reactive ketones (excluding diaryl/α,β-unsaturated/α-hetero) is 1. The Morgan fingerprint density at radius 3 is 2.12 bits per heavy atom. The Labute approximate surface area is 107 Å². The minimum atomic E-state index is -5.31. The van der Waals surface area contributed by atoms with Crippen molar-refractivity contribution in [3.05, 3.63) is 0 Å². The SMILES string of the molecule is O=C(CO)[C@@H](O)[C@H](O)[C@H](O)COP(=O)([O-])[O-].[Cu+2]. The van der Waals surface area contributed by atoms with Gasteiger partial charge in [-0.2, -0.15) is 0 Å². The van der Waals surface area contributed by atoms with E-state index in [1.54, 1.807) is 0 Å². The Morgan fingerprint density at radius 1 is 1.29 bits per heavy atom. The standard InChI is InChI=1S/C6H13O9P.Cu/c7-1-3(8)5(10)6(11)4(9)2-15-16(12,13)14;/h4-7,9-11H,1-2H2,(H2,12,13,14);/q;+2/p-2/t4-,5-,6-;/m1./s1. The third kappa shape index (κ3) is 7.96. The summed E-state index contributed by atoms with van der Waals surface area (Å²) in [5, 5.41) is 35.4. The predicted octanol–water partition coefficient (Wildman–Crippen LogP) is -4.53. The quantitative estimate of drug-likeness (QED) is 0.266. The molecule has 0 aliphatic carbocycles. The van der Waals surface area contributed by atoms with E-state index in [2.05, 4.69) is 4.52 Å². The maximum absolute atomic E-state index is 10.7. The molecule has 0 aromatic heterocycles. The van der Waals surface area contributed by atoms with Crippen molar-refractivity contribution < 1.29 is 61.2 Å². The summed E-state index contributed by atoms with van der Waals surface area (Å²) in [5.74, 6) is -1.17. The zero-order valence-corrected chi connectivity index (χ0v) is 10.1. The van der Waals surface area contributed by atoms with Gasteiger partial charge in [-0.15, -0.1) is 0 Å². The monoisotopic (exact) mass is 321 g/mol. The number of rotatable bonds is 7. The van der Waals surface area contributed by atoms with Crippen LogP contribution in [0.3, 0.4) is 0 Å². The predicted molar refractivity (Wildman–Crippen MR) is 43.7 cm³/mol. The van der Waals surface area contributed by atoms with Crippen LogP contribution in [0.4, 0.5) is 0 Å². The van der Waals surface area contributed by atoms with Gasteiger partial charge in [-0.05, 0) is 0 Å². The van der Waals surface area contributed by atoms with Crippen molar-refractivity contribution in [2.24, 2.45) is 0 Å². The summed E-state index contributed by atoms with van der Waals surface area (Å²) < 4.78 is 13.6. The fraction of sp³-hybridized carbons (Fsp3) is 0.833. The van der Waals surface area contributed by atoms with E-state index in [9.17, 15) is 19.1 Å². The van der Waals surface area contributed by atoms with Crippen molar-refractivity contribution in [1.82, 2.24) is 0 Å². The molecule has 3 atom stereocenters. The van der Waals surface area contributed by atoms with Crippen LogP contribution in [0.25, 0.3) is 0 Å². The zero-order chi connectivity index (χ0) is 12.9. The second kappa shape index (κ2) is 8.28. The molecule has 17 heavy (non-hydrogen) atoms. The molecular weight excluding hydrogens is 311 g/mol. The van der Waals surface area contributed by atoms with Crippen LogP contribution < -0.4 is 9.79 Å². The summed E-state index contributed by atoms with van der Waals surface area (Å²) in [6.45, 7) is -2.16.